The molecule has 0 radical (unpaired) electrons. The lowest BCUT2D eigenvalue weighted by Gasteiger charge is -2.10. The molecule has 0 unspecified atom stereocenters. The Bertz CT molecular complexity index is 612. The van der Waals surface area contributed by atoms with Gasteiger partial charge in [0.2, 0.25) is 0 Å². The second-order valence-electron chi connectivity index (χ2n) is 4.24. The van der Waals surface area contributed by atoms with E-state index in [1.54, 1.807) is 18.2 Å². The molecule has 0 fully saturated rings. The molecule has 100 valence electrons. The number of nitrogens with two attached hydrogens (primary N) is 1. The summed E-state index contributed by atoms with van der Waals surface area (Å²) in [6, 6.07) is 4.99. The summed E-state index contributed by atoms with van der Waals surface area (Å²) in [6.07, 6.45) is 0.792. The molecular formula is C14H17N3O2. The summed E-state index contributed by atoms with van der Waals surface area (Å²) in [4.78, 5) is 8.78. The number of aromatic hydroxyl groups is 1. The van der Waals surface area contributed by atoms with Gasteiger partial charge in [-0.25, -0.2) is 9.97 Å². The number of phenolic OH excluding ortho intramolecular Hbond substituents is 1. The van der Waals surface area contributed by atoms with Crippen molar-refractivity contribution >= 4 is 5.82 Å². The van der Waals surface area contributed by atoms with E-state index in [2.05, 4.69) is 9.97 Å². The van der Waals surface area contributed by atoms with Gasteiger partial charge in [0.25, 0.3) is 0 Å². The third-order valence-electron chi connectivity index (χ3n) is 3.06. The van der Waals surface area contributed by atoms with Crippen LogP contribution in [0, 0.1) is 6.92 Å². The third kappa shape index (κ3) is 2.45. The molecule has 0 spiro atoms. The number of ether oxygens (including phenoxy) is 1. The van der Waals surface area contributed by atoms with Crippen molar-refractivity contribution in [3.8, 4) is 22.9 Å². The van der Waals surface area contributed by atoms with Gasteiger partial charge >= 0.3 is 0 Å². The molecule has 0 aliphatic carbocycles. The highest BCUT2D eigenvalue weighted by Crippen LogP contribution is 2.30. The van der Waals surface area contributed by atoms with Gasteiger partial charge in [-0.1, -0.05) is 6.92 Å². The summed E-state index contributed by atoms with van der Waals surface area (Å²) in [5.74, 6) is 1.49. The molecule has 0 aliphatic heterocycles. The van der Waals surface area contributed by atoms with Crippen LogP contribution in [0.15, 0.2) is 18.2 Å². The number of phenols is 1. The minimum absolute atomic E-state index is 0.0852. The van der Waals surface area contributed by atoms with Crippen molar-refractivity contribution in [3.63, 3.8) is 0 Å². The van der Waals surface area contributed by atoms with Crippen LogP contribution in [0.4, 0.5) is 5.82 Å². The number of hydrogen-bond donors (Lipinski definition) is 2. The smallest absolute Gasteiger partial charge is 0.161 e. The first-order valence-corrected chi connectivity index (χ1v) is 6.07. The van der Waals surface area contributed by atoms with Crippen molar-refractivity contribution in [3.05, 3.63) is 29.5 Å². The fraction of sp³-hybridized carbons (Fsp3) is 0.286. The molecule has 2 rings (SSSR count). The van der Waals surface area contributed by atoms with E-state index in [0.29, 0.717) is 17.4 Å². The van der Waals surface area contributed by atoms with Gasteiger partial charge in [-0.2, -0.15) is 0 Å². The summed E-state index contributed by atoms with van der Waals surface area (Å²) in [7, 11) is 1.50. The molecule has 0 atom stereocenters. The van der Waals surface area contributed by atoms with Crippen LogP contribution in [0.1, 0.15) is 18.2 Å². The summed E-state index contributed by atoms with van der Waals surface area (Å²) in [6.45, 7) is 3.94. The van der Waals surface area contributed by atoms with Crippen molar-refractivity contribution in [2.75, 3.05) is 12.8 Å². The zero-order valence-corrected chi connectivity index (χ0v) is 11.3. The molecule has 2 aromatic rings. The van der Waals surface area contributed by atoms with Gasteiger partial charge < -0.3 is 15.6 Å². The Kier molecular flexibility index (Phi) is 3.55. The first-order chi connectivity index (χ1) is 9.06. The number of rotatable bonds is 3. The number of aromatic nitrogens is 2. The standard InChI is InChI=1S/C14H17N3O2/c1-4-10-8(2)13(15)17-14(16-10)9-5-6-11(18)12(7-9)19-3/h5-7,18H,4H2,1-3H3,(H2,15,16,17). The molecule has 0 saturated carbocycles. The fourth-order valence-electron chi connectivity index (χ4n) is 1.87. The van der Waals surface area contributed by atoms with Crippen LogP contribution in [0.3, 0.4) is 0 Å². The van der Waals surface area contributed by atoms with Crippen LogP contribution in [0.25, 0.3) is 11.4 Å². The number of benzene rings is 1. The lowest BCUT2D eigenvalue weighted by Crippen LogP contribution is -2.04. The molecule has 0 saturated heterocycles. The number of aryl methyl sites for hydroxylation is 1. The highest BCUT2D eigenvalue weighted by Gasteiger charge is 2.11. The van der Waals surface area contributed by atoms with Gasteiger partial charge in [-0.15, -0.1) is 0 Å². The van der Waals surface area contributed by atoms with Crippen molar-refractivity contribution in [2.24, 2.45) is 0 Å². The zero-order chi connectivity index (χ0) is 14.0. The lowest BCUT2D eigenvalue weighted by atomic mass is 10.1. The largest absolute Gasteiger partial charge is 0.504 e. The van der Waals surface area contributed by atoms with Crippen LogP contribution < -0.4 is 10.5 Å². The molecule has 3 N–H and O–H groups in total. The van der Waals surface area contributed by atoms with E-state index in [-0.39, 0.29) is 5.75 Å². The summed E-state index contributed by atoms with van der Waals surface area (Å²) < 4.78 is 5.08. The monoisotopic (exact) mass is 259 g/mol. The van der Waals surface area contributed by atoms with E-state index in [1.807, 2.05) is 13.8 Å². The minimum atomic E-state index is 0.0852. The second-order valence-corrected chi connectivity index (χ2v) is 4.24. The van der Waals surface area contributed by atoms with Crippen molar-refractivity contribution in [1.29, 1.82) is 0 Å². The highest BCUT2D eigenvalue weighted by molar-refractivity contribution is 5.63. The van der Waals surface area contributed by atoms with E-state index >= 15 is 0 Å². The number of nitrogens with zero attached hydrogens (tertiary/aromatic N) is 2. The Labute approximate surface area is 112 Å². The lowest BCUT2D eigenvalue weighted by molar-refractivity contribution is 0.373. The molecule has 5 nitrogen and oxygen atoms in total. The molecule has 1 heterocycles. The summed E-state index contributed by atoms with van der Waals surface area (Å²) in [5, 5.41) is 9.59. The predicted octanol–water partition coefficient (Wildman–Crippen LogP) is 2.31. The Morgan fingerprint density at radius 1 is 1.32 bits per heavy atom. The van der Waals surface area contributed by atoms with Gasteiger partial charge in [0.15, 0.2) is 17.3 Å². The van der Waals surface area contributed by atoms with Crippen LogP contribution in [0.2, 0.25) is 0 Å². The third-order valence-corrected chi connectivity index (χ3v) is 3.06. The normalized spacial score (nSPS) is 10.5. The van der Waals surface area contributed by atoms with Gasteiger partial charge in [0, 0.05) is 16.8 Å². The van der Waals surface area contributed by atoms with Crippen molar-refractivity contribution in [1.82, 2.24) is 9.97 Å². The first-order valence-electron chi connectivity index (χ1n) is 6.07. The maximum Gasteiger partial charge on any atom is 0.161 e. The summed E-state index contributed by atoms with van der Waals surface area (Å²) in [5.41, 5.74) is 8.50. The number of methoxy groups -OCH3 is 1. The highest BCUT2D eigenvalue weighted by atomic mass is 16.5. The number of anilines is 1. The van der Waals surface area contributed by atoms with Crippen LogP contribution in [-0.4, -0.2) is 22.2 Å². The van der Waals surface area contributed by atoms with Crippen molar-refractivity contribution < 1.29 is 9.84 Å². The maximum atomic E-state index is 9.59. The first kappa shape index (κ1) is 13.1. The molecule has 1 aromatic heterocycles. The minimum Gasteiger partial charge on any atom is -0.504 e. The quantitative estimate of drug-likeness (QED) is 0.884. The van der Waals surface area contributed by atoms with E-state index < -0.39 is 0 Å². The molecular weight excluding hydrogens is 242 g/mol. The van der Waals surface area contributed by atoms with Gasteiger partial charge in [0.1, 0.15) is 5.82 Å². The SMILES string of the molecule is CCc1nc(-c2ccc(O)c(OC)c2)nc(N)c1C. The second kappa shape index (κ2) is 5.14. The average Bonchev–Trinajstić information content (AvgIpc) is 2.42. The molecule has 5 heteroatoms. The Morgan fingerprint density at radius 3 is 2.68 bits per heavy atom. The summed E-state index contributed by atoms with van der Waals surface area (Å²) >= 11 is 0. The van der Waals surface area contributed by atoms with Crippen LogP contribution >= 0.6 is 0 Å². The van der Waals surface area contributed by atoms with Gasteiger partial charge in [-0.05, 0) is 31.5 Å². The van der Waals surface area contributed by atoms with E-state index in [4.69, 9.17) is 10.5 Å². The van der Waals surface area contributed by atoms with Gasteiger partial charge in [0.05, 0.1) is 7.11 Å². The van der Waals surface area contributed by atoms with Gasteiger partial charge in [-0.3, -0.25) is 0 Å². The molecule has 1 aromatic carbocycles. The number of hydrogen-bond acceptors (Lipinski definition) is 5. The van der Waals surface area contributed by atoms with Crippen LogP contribution in [-0.2, 0) is 6.42 Å². The Hall–Kier alpha value is -2.30. The van der Waals surface area contributed by atoms with E-state index in [0.717, 1.165) is 23.2 Å². The predicted molar refractivity (Wildman–Crippen MR) is 74.2 cm³/mol. The Balaban J connectivity index is 2.55. The zero-order valence-electron chi connectivity index (χ0n) is 11.3. The average molecular weight is 259 g/mol. The maximum absolute atomic E-state index is 9.59. The Morgan fingerprint density at radius 2 is 2.05 bits per heavy atom. The number of nitrogen functional groups attached to an aromatic ring is 1. The van der Waals surface area contributed by atoms with Crippen molar-refractivity contribution in [2.45, 2.75) is 20.3 Å². The van der Waals surface area contributed by atoms with E-state index in [9.17, 15) is 5.11 Å². The topological polar surface area (TPSA) is 81.3 Å². The fourth-order valence-corrected chi connectivity index (χ4v) is 1.87. The van der Waals surface area contributed by atoms with E-state index in [1.165, 1.54) is 7.11 Å². The molecule has 0 amide bonds. The molecule has 19 heavy (non-hydrogen) atoms. The molecule has 0 aliphatic rings. The van der Waals surface area contributed by atoms with Crippen LogP contribution in [0.5, 0.6) is 11.5 Å². The molecule has 0 bridgehead atoms.